The third-order valence-corrected chi connectivity index (χ3v) is 6.77. The number of hydrogen-bond acceptors (Lipinski definition) is 7. The molecular weight excluding hydrogens is 539 g/mol. The maximum atomic E-state index is 13.6. The molecule has 4 aromatic rings. The molecule has 2 amide bonds. The molecule has 0 saturated carbocycles. The van der Waals surface area contributed by atoms with Gasteiger partial charge in [-0.1, -0.05) is 48.5 Å². The predicted molar refractivity (Wildman–Crippen MR) is 144 cm³/mol. The number of anilines is 2. The van der Waals surface area contributed by atoms with Crippen LogP contribution in [-0.4, -0.2) is 58.0 Å². The summed E-state index contributed by atoms with van der Waals surface area (Å²) >= 11 is 0. The van der Waals surface area contributed by atoms with Gasteiger partial charge in [-0.25, -0.2) is 9.97 Å². The van der Waals surface area contributed by atoms with Crippen molar-refractivity contribution in [3.8, 4) is 11.5 Å². The van der Waals surface area contributed by atoms with Gasteiger partial charge in [0.2, 0.25) is 11.7 Å². The molecule has 3 heterocycles. The fourth-order valence-electron chi connectivity index (χ4n) is 4.54. The lowest BCUT2D eigenvalue weighted by molar-refractivity contribution is -0.151. The third kappa shape index (κ3) is 5.92. The van der Waals surface area contributed by atoms with Crippen LogP contribution in [0.25, 0.3) is 11.5 Å². The normalized spacial score (nSPS) is 15.3. The molecule has 212 valence electrons. The zero-order chi connectivity index (χ0) is 29.2. The molecule has 1 unspecified atom stereocenters. The average molecular weight is 566 g/mol. The molecule has 2 aromatic heterocycles. The summed E-state index contributed by atoms with van der Waals surface area (Å²) < 4.78 is 46.1. The Kier molecular flexibility index (Phi) is 7.50. The van der Waals surface area contributed by atoms with E-state index >= 15 is 0 Å². The van der Waals surface area contributed by atoms with Gasteiger partial charge in [-0.05, 0) is 36.8 Å². The first-order valence-electron chi connectivity index (χ1n) is 12.8. The van der Waals surface area contributed by atoms with Crippen molar-refractivity contribution < 1.29 is 32.3 Å². The minimum absolute atomic E-state index is 0.164. The molecule has 1 atom stereocenters. The van der Waals surface area contributed by atoms with Gasteiger partial charge in [-0.15, -0.1) is 0 Å². The van der Waals surface area contributed by atoms with Crippen LogP contribution in [0.1, 0.15) is 28.7 Å². The molecule has 2 aromatic carbocycles. The SMILES string of the molecule is CC(O)(C(=O)N1CCN(c2ccc(NC(=O)c3oc(-c4ccccc4)nc3C(F)(F)F)cn2)CC1)c1ccccc1. The second-order valence-electron chi connectivity index (χ2n) is 9.64. The maximum Gasteiger partial charge on any atom is 0.437 e. The van der Waals surface area contributed by atoms with E-state index in [1.807, 2.05) is 11.0 Å². The number of carbonyl (C=O) groups excluding carboxylic acids is 2. The number of alkyl halides is 3. The number of oxazole rings is 1. The van der Waals surface area contributed by atoms with E-state index in [2.05, 4.69) is 15.3 Å². The Morgan fingerprint density at radius 1 is 0.927 bits per heavy atom. The molecular formula is C29H26F3N5O4. The number of pyridine rings is 1. The Hall–Kier alpha value is -4.71. The van der Waals surface area contributed by atoms with E-state index in [9.17, 15) is 27.9 Å². The number of amides is 2. The monoisotopic (exact) mass is 565 g/mol. The highest BCUT2D eigenvalue weighted by atomic mass is 19.4. The lowest BCUT2D eigenvalue weighted by Gasteiger charge is -2.38. The Morgan fingerprint density at radius 2 is 1.56 bits per heavy atom. The van der Waals surface area contributed by atoms with Gasteiger partial charge in [-0.3, -0.25) is 9.59 Å². The van der Waals surface area contributed by atoms with E-state index in [0.717, 1.165) is 0 Å². The van der Waals surface area contributed by atoms with E-state index in [-0.39, 0.29) is 11.6 Å². The number of halogens is 3. The summed E-state index contributed by atoms with van der Waals surface area (Å²) in [7, 11) is 0. The molecule has 1 aliphatic heterocycles. The highest BCUT2D eigenvalue weighted by Gasteiger charge is 2.41. The molecule has 41 heavy (non-hydrogen) atoms. The number of aromatic nitrogens is 2. The van der Waals surface area contributed by atoms with Crippen LogP contribution in [0.15, 0.2) is 83.4 Å². The van der Waals surface area contributed by atoms with Gasteiger partial charge in [0.25, 0.3) is 11.8 Å². The number of piperazine rings is 1. The van der Waals surface area contributed by atoms with E-state index in [1.165, 1.54) is 31.3 Å². The number of aliphatic hydroxyl groups is 1. The van der Waals surface area contributed by atoms with Crippen molar-refractivity contribution in [2.24, 2.45) is 0 Å². The summed E-state index contributed by atoms with van der Waals surface area (Å²) in [5.41, 5.74) is -2.10. The van der Waals surface area contributed by atoms with Crippen molar-refractivity contribution >= 4 is 23.3 Å². The number of nitrogens with one attached hydrogen (secondary N) is 1. The highest BCUT2D eigenvalue weighted by Crippen LogP contribution is 2.35. The van der Waals surface area contributed by atoms with Gasteiger partial charge < -0.3 is 24.6 Å². The van der Waals surface area contributed by atoms with Crippen LogP contribution in [0, 0.1) is 0 Å². The van der Waals surface area contributed by atoms with Crippen molar-refractivity contribution in [2.75, 3.05) is 36.4 Å². The van der Waals surface area contributed by atoms with Crippen molar-refractivity contribution in [1.29, 1.82) is 0 Å². The fraction of sp³-hybridized carbons (Fsp3) is 0.241. The van der Waals surface area contributed by atoms with Gasteiger partial charge in [-0.2, -0.15) is 13.2 Å². The number of nitrogens with zero attached hydrogens (tertiary/aromatic N) is 4. The standard InChI is InChI=1S/C29H26F3N5O4/c1-28(40,20-10-6-3-7-11-20)27(39)37-16-14-36(15-17-37)22-13-12-21(18-33-22)34-25(38)23-24(29(30,31)32)35-26(41-23)19-8-4-2-5-9-19/h2-13,18,40H,14-17H2,1H3,(H,34,38). The number of carbonyl (C=O) groups is 2. The average Bonchev–Trinajstić information content (AvgIpc) is 3.45. The molecule has 2 N–H and O–H groups in total. The smallest absolute Gasteiger partial charge is 0.430 e. The van der Waals surface area contributed by atoms with Crippen molar-refractivity contribution in [3.63, 3.8) is 0 Å². The Morgan fingerprint density at radius 3 is 2.15 bits per heavy atom. The van der Waals surface area contributed by atoms with E-state index in [4.69, 9.17) is 4.42 Å². The number of rotatable bonds is 6. The quantitative estimate of drug-likeness (QED) is 0.353. The molecule has 1 saturated heterocycles. The van der Waals surface area contributed by atoms with E-state index in [0.29, 0.717) is 43.1 Å². The van der Waals surface area contributed by atoms with Crippen molar-refractivity contribution in [2.45, 2.75) is 18.7 Å². The van der Waals surface area contributed by atoms with Gasteiger partial charge in [0.1, 0.15) is 5.82 Å². The van der Waals surface area contributed by atoms with Gasteiger partial charge in [0, 0.05) is 31.7 Å². The molecule has 1 fully saturated rings. The van der Waals surface area contributed by atoms with Crippen molar-refractivity contribution in [1.82, 2.24) is 14.9 Å². The van der Waals surface area contributed by atoms with Crippen LogP contribution in [0.3, 0.4) is 0 Å². The zero-order valence-electron chi connectivity index (χ0n) is 21.9. The summed E-state index contributed by atoms with van der Waals surface area (Å²) in [5.74, 6) is -2.21. The van der Waals surface area contributed by atoms with Crippen molar-refractivity contribution in [3.05, 3.63) is 96.0 Å². The lowest BCUT2D eigenvalue weighted by Crippen LogP contribution is -2.54. The Balaban J connectivity index is 1.23. The molecule has 9 nitrogen and oxygen atoms in total. The summed E-state index contributed by atoms with van der Waals surface area (Å²) in [6, 6.07) is 19.8. The lowest BCUT2D eigenvalue weighted by atomic mass is 9.94. The molecule has 12 heteroatoms. The highest BCUT2D eigenvalue weighted by molar-refractivity contribution is 6.03. The minimum atomic E-state index is -4.90. The fourth-order valence-corrected chi connectivity index (χ4v) is 4.54. The first-order valence-corrected chi connectivity index (χ1v) is 12.8. The van der Waals surface area contributed by atoms with Crippen LogP contribution >= 0.6 is 0 Å². The summed E-state index contributed by atoms with van der Waals surface area (Å²) in [6.45, 7) is 3.09. The summed E-state index contributed by atoms with van der Waals surface area (Å²) in [6.07, 6.45) is -3.57. The topological polar surface area (TPSA) is 112 Å². The largest absolute Gasteiger partial charge is 0.437 e. The van der Waals surface area contributed by atoms with Crippen LogP contribution in [-0.2, 0) is 16.6 Å². The molecule has 0 spiro atoms. The molecule has 0 aliphatic carbocycles. The first-order chi connectivity index (χ1) is 19.5. The predicted octanol–water partition coefficient (Wildman–Crippen LogP) is 4.56. The van der Waals surface area contributed by atoms with Crippen LogP contribution in [0.2, 0.25) is 0 Å². The first kappa shape index (κ1) is 27.8. The van der Waals surface area contributed by atoms with Crippen LogP contribution < -0.4 is 10.2 Å². The summed E-state index contributed by atoms with van der Waals surface area (Å²) in [5, 5.41) is 13.3. The summed E-state index contributed by atoms with van der Waals surface area (Å²) in [4.78, 5) is 37.1. The molecule has 5 rings (SSSR count). The molecule has 0 radical (unpaired) electrons. The molecule has 1 aliphatic rings. The van der Waals surface area contributed by atoms with E-state index < -0.39 is 35.0 Å². The number of benzene rings is 2. The second kappa shape index (κ2) is 11.0. The zero-order valence-corrected chi connectivity index (χ0v) is 21.9. The third-order valence-electron chi connectivity index (χ3n) is 6.77. The molecule has 0 bridgehead atoms. The second-order valence-corrected chi connectivity index (χ2v) is 9.64. The van der Waals surface area contributed by atoms with Crippen LogP contribution in [0.4, 0.5) is 24.7 Å². The van der Waals surface area contributed by atoms with Crippen LogP contribution in [0.5, 0.6) is 0 Å². The number of hydrogen-bond donors (Lipinski definition) is 2. The van der Waals surface area contributed by atoms with Gasteiger partial charge in [0.05, 0.1) is 11.9 Å². The van der Waals surface area contributed by atoms with Gasteiger partial charge >= 0.3 is 6.18 Å². The Labute approximate surface area is 233 Å². The van der Waals surface area contributed by atoms with E-state index in [1.54, 1.807) is 53.4 Å². The van der Waals surface area contributed by atoms with Gasteiger partial charge in [0.15, 0.2) is 11.3 Å². The minimum Gasteiger partial charge on any atom is -0.430 e. The Bertz CT molecular complexity index is 1520. The maximum absolute atomic E-state index is 13.6.